The van der Waals surface area contributed by atoms with E-state index in [4.69, 9.17) is 15.1 Å². The van der Waals surface area contributed by atoms with Crippen LogP contribution in [-0.4, -0.2) is 23.2 Å². The fourth-order valence-corrected chi connectivity index (χ4v) is 2.43. The van der Waals surface area contributed by atoms with E-state index in [1.54, 1.807) is 6.07 Å². The first-order chi connectivity index (χ1) is 9.60. The van der Waals surface area contributed by atoms with Crippen molar-refractivity contribution in [1.29, 1.82) is 5.26 Å². The highest BCUT2D eigenvalue weighted by Gasteiger charge is 2.20. The van der Waals surface area contributed by atoms with Crippen molar-refractivity contribution in [2.45, 2.75) is 25.7 Å². The lowest BCUT2D eigenvalue weighted by atomic mass is 10.2. The van der Waals surface area contributed by atoms with Crippen molar-refractivity contribution < 1.29 is 14.8 Å². The van der Waals surface area contributed by atoms with E-state index in [2.05, 4.69) is 0 Å². The van der Waals surface area contributed by atoms with E-state index in [1.165, 1.54) is 6.07 Å². The average molecular weight is 390 g/mol. The highest BCUT2D eigenvalue weighted by Crippen LogP contribution is 2.33. The van der Waals surface area contributed by atoms with E-state index in [1.807, 2.05) is 28.7 Å². The van der Waals surface area contributed by atoms with Crippen LogP contribution in [0.25, 0.3) is 0 Å². The van der Waals surface area contributed by atoms with Crippen LogP contribution < -0.4 is 4.74 Å². The van der Waals surface area contributed by atoms with Crippen LogP contribution in [0.2, 0.25) is 0 Å². The number of hydrogen-bond donors (Lipinski definition) is 1. The lowest BCUT2D eigenvalue weighted by Gasteiger charge is -2.09. The Morgan fingerprint density at radius 2 is 2.05 bits per heavy atom. The number of nitriles is 1. The SMILES string of the molecule is N#Cc1cc(I)c(OCCCCCCO)c([N+](=O)[O-])c1. The summed E-state index contributed by atoms with van der Waals surface area (Å²) in [5, 5.41) is 28.5. The van der Waals surface area contributed by atoms with E-state index >= 15 is 0 Å². The molecule has 0 aliphatic rings. The van der Waals surface area contributed by atoms with Gasteiger partial charge in [-0.05, 0) is 47.9 Å². The molecule has 1 aromatic carbocycles. The molecule has 108 valence electrons. The number of ether oxygens (including phenoxy) is 1. The van der Waals surface area contributed by atoms with Crippen molar-refractivity contribution >= 4 is 28.3 Å². The number of aliphatic hydroxyl groups is 1. The third kappa shape index (κ3) is 4.94. The van der Waals surface area contributed by atoms with Crippen LogP contribution in [0.3, 0.4) is 0 Å². The molecule has 0 aromatic heterocycles. The third-order valence-corrected chi connectivity index (χ3v) is 3.45. The number of benzene rings is 1. The zero-order valence-corrected chi connectivity index (χ0v) is 13.0. The maximum absolute atomic E-state index is 11.0. The fourth-order valence-electron chi connectivity index (χ4n) is 1.66. The van der Waals surface area contributed by atoms with Gasteiger partial charge in [0.1, 0.15) is 0 Å². The van der Waals surface area contributed by atoms with Crippen LogP contribution in [-0.2, 0) is 0 Å². The second-order valence-corrected chi connectivity index (χ2v) is 5.32. The first-order valence-corrected chi connectivity index (χ1v) is 7.29. The van der Waals surface area contributed by atoms with Crippen LogP contribution in [0, 0.1) is 25.0 Å². The summed E-state index contributed by atoms with van der Waals surface area (Å²) in [6.45, 7) is 0.564. The van der Waals surface area contributed by atoms with E-state index < -0.39 is 4.92 Å². The van der Waals surface area contributed by atoms with Gasteiger partial charge in [0.05, 0.1) is 26.7 Å². The lowest BCUT2D eigenvalue weighted by molar-refractivity contribution is -0.386. The summed E-state index contributed by atoms with van der Waals surface area (Å²) in [6, 6.07) is 4.68. The number of rotatable bonds is 8. The Kier molecular flexibility index (Phi) is 7.25. The predicted octanol–water partition coefficient (Wildman–Crippen LogP) is 3.00. The molecule has 0 heterocycles. The molecule has 1 N–H and O–H groups in total. The number of unbranched alkanes of at least 4 members (excludes halogenated alkanes) is 3. The number of nitro benzene ring substituents is 1. The molecule has 6 nitrogen and oxygen atoms in total. The number of halogens is 1. The fraction of sp³-hybridized carbons (Fsp3) is 0.462. The van der Waals surface area contributed by atoms with Crippen molar-refractivity contribution in [3.63, 3.8) is 0 Å². The number of aliphatic hydroxyl groups excluding tert-OH is 1. The molecule has 0 saturated carbocycles. The Balaban J connectivity index is 2.69. The molecule has 0 fully saturated rings. The van der Waals surface area contributed by atoms with Crippen LogP contribution in [0.15, 0.2) is 12.1 Å². The Morgan fingerprint density at radius 3 is 2.65 bits per heavy atom. The highest BCUT2D eigenvalue weighted by molar-refractivity contribution is 14.1. The lowest BCUT2D eigenvalue weighted by Crippen LogP contribution is -2.03. The first-order valence-electron chi connectivity index (χ1n) is 6.22. The van der Waals surface area contributed by atoms with Gasteiger partial charge in [-0.25, -0.2) is 0 Å². The van der Waals surface area contributed by atoms with E-state index in [0.29, 0.717) is 10.2 Å². The molecule has 0 saturated heterocycles. The summed E-state index contributed by atoms with van der Waals surface area (Å²) in [6.07, 6.45) is 3.34. The Labute approximate surface area is 130 Å². The standard InChI is InChI=1S/C13H15IN2O4/c14-11-7-10(9-15)8-12(16(18)19)13(11)20-6-4-2-1-3-5-17/h7-8,17H,1-6H2. The third-order valence-electron chi connectivity index (χ3n) is 2.65. The molecule has 0 aliphatic carbocycles. The second kappa shape index (κ2) is 8.71. The Bertz CT molecular complexity index is 514. The van der Waals surface area contributed by atoms with Gasteiger partial charge in [0.25, 0.3) is 0 Å². The molecule has 0 bridgehead atoms. The van der Waals surface area contributed by atoms with Crippen molar-refractivity contribution in [1.82, 2.24) is 0 Å². The average Bonchev–Trinajstić information content (AvgIpc) is 2.43. The normalized spacial score (nSPS) is 10.1. The summed E-state index contributed by atoms with van der Waals surface area (Å²) >= 11 is 1.93. The Morgan fingerprint density at radius 1 is 1.35 bits per heavy atom. The van der Waals surface area contributed by atoms with Gasteiger partial charge in [-0.15, -0.1) is 0 Å². The van der Waals surface area contributed by atoms with E-state index in [-0.39, 0.29) is 23.6 Å². The van der Waals surface area contributed by atoms with Crippen molar-refractivity contribution in [2.75, 3.05) is 13.2 Å². The van der Waals surface area contributed by atoms with Crippen molar-refractivity contribution in [3.05, 3.63) is 31.4 Å². The van der Waals surface area contributed by atoms with Crippen LogP contribution in [0.5, 0.6) is 5.75 Å². The van der Waals surface area contributed by atoms with Gasteiger partial charge in [0, 0.05) is 12.7 Å². The molecule has 0 unspecified atom stereocenters. The molecular weight excluding hydrogens is 375 g/mol. The van der Waals surface area contributed by atoms with Gasteiger partial charge in [0.15, 0.2) is 0 Å². The minimum absolute atomic E-state index is 0.177. The summed E-state index contributed by atoms with van der Waals surface area (Å²) in [7, 11) is 0. The van der Waals surface area contributed by atoms with Gasteiger partial charge in [0.2, 0.25) is 5.75 Å². The quantitative estimate of drug-likeness (QED) is 0.319. The zero-order valence-electron chi connectivity index (χ0n) is 10.8. The molecule has 0 aliphatic heterocycles. The summed E-state index contributed by atoms with van der Waals surface area (Å²) in [4.78, 5) is 10.5. The molecule has 1 aromatic rings. The first kappa shape index (κ1) is 16.7. The molecule has 7 heteroatoms. The van der Waals surface area contributed by atoms with Gasteiger partial charge < -0.3 is 9.84 Å². The summed E-state index contributed by atoms with van der Waals surface area (Å²) in [5.74, 6) is 0.219. The van der Waals surface area contributed by atoms with Crippen LogP contribution in [0.4, 0.5) is 5.69 Å². The van der Waals surface area contributed by atoms with E-state index in [0.717, 1.165) is 25.7 Å². The minimum Gasteiger partial charge on any atom is -0.486 e. The molecule has 0 atom stereocenters. The largest absolute Gasteiger partial charge is 0.486 e. The summed E-state index contributed by atoms with van der Waals surface area (Å²) in [5.41, 5.74) is 0.0696. The number of nitro groups is 1. The van der Waals surface area contributed by atoms with E-state index in [9.17, 15) is 10.1 Å². The minimum atomic E-state index is -0.538. The van der Waals surface area contributed by atoms with Crippen LogP contribution in [0.1, 0.15) is 31.2 Å². The van der Waals surface area contributed by atoms with Crippen LogP contribution >= 0.6 is 22.6 Å². The molecule has 1 rings (SSSR count). The monoisotopic (exact) mass is 390 g/mol. The maximum Gasteiger partial charge on any atom is 0.313 e. The molecule has 20 heavy (non-hydrogen) atoms. The smallest absolute Gasteiger partial charge is 0.313 e. The Hall–Kier alpha value is -1.40. The topological polar surface area (TPSA) is 96.4 Å². The zero-order chi connectivity index (χ0) is 15.0. The summed E-state index contributed by atoms with van der Waals surface area (Å²) < 4.78 is 6.05. The van der Waals surface area contributed by atoms with Gasteiger partial charge >= 0.3 is 5.69 Å². The molecule has 0 radical (unpaired) electrons. The number of nitrogens with zero attached hydrogens (tertiary/aromatic N) is 2. The molecular formula is C13H15IN2O4. The van der Waals surface area contributed by atoms with Gasteiger partial charge in [-0.3, -0.25) is 10.1 Å². The van der Waals surface area contributed by atoms with Crippen molar-refractivity contribution in [2.24, 2.45) is 0 Å². The second-order valence-electron chi connectivity index (χ2n) is 4.16. The number of hydrogen-bond acceptors (Lipinski definition) is 5. The highest BCUT2D eigenvalue weighted by atomic mass is 127. The predicted molar refractivity (Wildman–Crippen MR) is 81.6 cm³/mol. The molecule has 0 spiro atoms. The maximum atomic E-state index is 11.0. The molecule has 0 amide bonds. The van der Waals surface area contributed by atoms with Gasteiger partial charge in [-0.1, -0.05) is 6.42 Å². The van der Waals surface area contributed by atoms with Gasteiger partial charge in [-0.2, -0.15) is 5.26 Å². The van der Waals surface area contributed by atoms with Crippen molar-refractivity contribution in [3.8, 4) is 11.8 Å².